The van der Waals surface area contributed by atoms with Crippen LogP contribution in [0.5, 0.6) is 0 Å². The third-order valence-electron chi connectivity index (χ3n) is 2.51. The third kappa shape index (κ3) is 2.60. The van der Waals surface area contributed by atoms with Gasteiger partial charge in [-0.1, -0.05) is 18.2 Å². The van der Waals surface area contributed by atoms with Gasteiger partial charge in [0, 0.05) is 11.6 Å². The normalized spacial score (nSPS) is 16.6. The van der Waals surface area contributed by atoms with E-state index < -0.39 is 5.97 Å². The monoisotopic (exact) mass is 365 g/mol. The van der Waals surface area contributed by atoms with Crippen molar-refractivity contribution < 1.29 is 13.9 Å². The SMILES string of the molecule is O=C1OC(c2ccccc2)=N/C1=C/c1ccc(I)o1. The highest BCUT2D eigenvalue weighted by molar-refractivity contribution is 14.1. The molecule has 0 aliphatic carbocycles. The Hall–Kier alpha value is -1.89. The van der Waals surface area contributed by atoms with Gasteiger partial charge in [-0.25, -0.2) is 9.79 Å². The minimum atomic E-state index is -0.467. The molecule has 0 unspecified atom stereocenters. The van der Waals surface area contributed by atoms with Crippen LogP contribution in [0.4, 0.5) is 0 Å². The van der Waals surface area contributed by atoms with Crippen molar-refractivity contribution in [2.45, 2.75) is 0 Å². The maximum atomic E-state index is 11.7. The van der Waals surface area contributed by atoms with Gasteiger partial charge in [0.15, 0.2) is 9.46 Å². The fourth-order valence-electron chi connectivity index (χ4n) is 1.65. The predicted octanol–water partition coefficient (Wildman–Crippen LogP) is 3.23. The summed E-state index contributed by atoms with van der Waals surface area (Å²) in [6.07, 6.45) is 1.57. The van der Waals surface area contributed by atoms with E-state index in [0.29, 0.717) is 11.7 Å². The summed E-state index contributed by atoms with van der Waals surface area (Å²) in [5.41, 5.74) is 1.01. The Bertz CT molecular complexity index is 686. The second-order valence-electron chi connectivity index (χ2n) is 3.84. The zero-order valence-corrected chi connectivity index (χ0v) is 11.8. The first-order chi connectivity index (χ1) is 9.22. The van der Waals surface area contributed by atoms with Crippen LogP contribution in [0.3, 0.4) is 0 Å². The molecule has 0 saturated carbocycles. The number of nitrogens with zero attached hydrogens (tertiary/aromatic N) is 1. The van der Waals surface area contributed by atoms with Gasteiger partial charge in [0.2, 0.25) is 5.90 Å². The van der Waals surface area contributed by atoms with Crippen LogP contribution < -0.4 is 0 Å². The number of rotatable bonds is 2. The standard InChI is InChI=1S/C14H8INO3/c15-12-7-6-10(18-12)8-11-14(17)19-13(16-11)9-4-2-1-3-5-9/h1-8H/b11-8+. The highest BCUT2D eigenvalue weighted by Crippen LogP contribution is 2.20. The quantitative estimate of drug-likeness (QED) is 0.467. The lowest BCUT2D eigenvalue weighted by atomic mass is 10.2. The lowest BCUT2D eigenvalue weighted by Gasteiger charge is -1.97. The number of cyclic esters (lactones) is 1. The molecule has 0 amide bonds. The van der Waals surface area contributed by atoms with Crippen molar-refractivity contribution in [1.29, 1.82) is 0 Å². The number of hydrogen-bond acceptors (Lipinski definition) is 4. The van der Waals surface area contributed by atoms with Crippen molar-refractivity contribution in [2.24, 2.45) is 4.99 Å². The molecule has 2 heterocycles. The average Bonchev–Trinajstić information content (AvgIpc) is 2.98. The lowest BCUT2D eigenvalue weighted by molar-refractivity contribution is -0.129. The van der Waals surface area contributed by atoms with E-state index in [0.717, 1.165) is 9.33 Å². The summed E-state index contributed by atoms with van der Waals surface area (Å²) < 4.78 is 11.3. The second kappa shape index (κ2) is 5.00. The maximum absolute atomic E-state index is 11.7. The van der Waals surface area contributed by atoms with Crippen molar-refractivity contribution in [2.75, 3.05) is 0 Å². The average molecular weight is 365 g/mol. The fraction of sp³-hybridized carbons (Fsp3) is 0. The Morgan fingerprint density at radius 1 is 1.11 bits per heavy atom. The molecule has 1 aliphatic rings. The molecule has 1 aliphatic heterocycles. The second-order valence-corrected chi connectivity index (χ2v) is 4.91. The molecule has 1 aromatic heterocycles. The third-order valence-corrected chi connectivity index (χ3v) is 3.09. The van der Waals surface area contributed by atoms with Gasteiger partial charge in [-0.2, -0.15) is 0 Å². The van der Waals surface area contributed by atoms with Crippen molar-refractivity contribution in [1.82, 2.24) is 0 Å². The van der Waals surface area contributed by atoms with Crippen molar-refractivity contribution in [3.05, 3.63) is 63.3 Å². The van der Waals surface area contributed by atoms with Crippen LogP contribution in [0.1, 0.15) is 11.3 Å². The molecule has 0 bridgehead atoms. The van der Waals surface area contributed by atoms with Gasteiger partial charge >= 0.3 is 5.97 Å². The molecule has 5 heteroatoms. The minimum Gasteiger partial charge on any atom is -0.451 e. The van der Waals surface area contributed by atoms with Crippen LogP contribution >= 0.6 is 22.6 Å². The van der Waals surface area contributed by atoms with Gasteiger partial charge in [0.05, 0.1) is 0 Å². The van der Waals surface area contributed by atoms with E-state index in [2.05, 4.69) is 27.6 Å². The molecule has 2 aromatic rings. The fourth-order valence-corrected chi connectivity index (χ4v) is 2.09. The van der Waals surface area contributed by atoms with E-state index in [1.165, 1.54) is 0 Å². The molecule has 94 valence electrons. The van der Waals surface area contributed by atoms with E-state index in [4.69, 9.17) is 9.15 Å². The van der Waals surface area contributed by atoms with Gasteiger partial charge < -0.3 is 9.15 Å². The summed E-state index contributed by atoms with van der Waals surface area (Å²) in [5, 5.41) is 0. The molecular weight excluding hydrogens is 357 g/mol. The zero-order chi connectivity index (χ0) is 13.2. The van der Waals surface area contributed by atoms with Crippen LogP contribution in [-0.2, 0) is 9.53 Å². The van der Waals surface area contributed by atoms with Crippen LogP contribution in [0.25, 0.3) is 6.08 Å². The number of carbonyl (C=O) groups is 1. The molecule has 0 spiro atoms. The number of aliphatic imine (C=N–C) groups is 1. The first-order valence-electron chi connectivity index (χ1n) is 5.56. The number of halogens is 1. The van der Waals surface area contributed by atoms with Gasteiger partial charge in [0.1, 0.15) is 5.76 Å². The summed E-state index contributed by atoms with van der Waals surface area (Å²) in [4.78, 5) is 15.9. The molecule has 0 atom stereocenters. The predicted molar refractivity (Wildman–Crippen MR) is 78.5 cm³/mol. The molecule has 3 rings (SSSR count). The first kappa shape index (κ1) is 12.2. The number of furan rings is 1. The molecule has 0 fully saturated rings. The molecule has 4 nitrogen and oxygen atoms in total. The Balaban J connectivity index is 1.94. The maximum Gasteiger partial charge on any atom is 0.363 e. The Labute approximate surface area is 122 Å². The number of carbonyl (C=O) groups excluding carboxylic acids is 1. The Morgan fingerprint density at radius 3 is 2.58 bits per heavy atom. The lowest BCUT2D eigenvalue weighted by Crippen LogP contribution is -2.04. The van der Waals surface area contributed by atoms with Crippen LogP contribution in [0.2, 0.25) is 0 Å². The zero-order valence-electron chi connectivity index (χ0n) is 9.67. The van der Waals surface area contributed by atoms with E-state index in [1.54, 1.807) is 12.1 Å². The van der Waals surface area contributed by atoms with Crippen LogP contribution in [0.15, 0.2) is 57.6 Å². The van der Waals surface area contributed by atoms with Crippen molar-refractivity contribution >= 4 is 40.5 Å². The first-order valence-corrected chi connectivity index (χ1v) is 6.63. The molecular formula is C14H8INO3. The van der Waals surface area contributed by atoms with Gasteiger partial charge in [-0.3, -0.25) is 0 Å². The number of esters is 1. The van der Waals surface area contributed by atoms with E-state index >= 15 is 0 Å². The van der Waals surface area contributed by atoms with E-state index in [9.17, 15) is 4.79 Å². The number of ether oxygens (including phenoxy) is 1. The molecule has 0 radical (unpaired) electrons. The summed E-state index contributed by atoms with van der Waals surface area (Å²) in [7, 11) is 0. The van der Waals surface area contributed by atoms with E-state index in [1.807, 2.05) is 36.4 Å². The topological polar surface area (TPSA) is 51.8 Å². The minimum absolute atomic E-state index is 0.240. The number of benzene rings is 1. The van der Waals surface area contributed by atoms with Crippen LogP contribution in [-0.4, -0.2) is 11.9 Å². The van der Waals surface area contributed by atoms with Crippen LogP contribution in [0, 0.1) is 3.77 Å². The van der Waals surface area contributed by atoms with Gasteiger partial charge in [0.25, 0.3) is 0 Å². The van der Waals surface area contributed by atoms with Crippen molar-refractivity contribution in [3.63, 3.8) is 0 Å². The van der Waals surface area contributed by atoms with Gasteiger partial charge in [-0.05, 0) is 46.9 Å². The highest BCUT2D eigenvalue weighted by atomic mass is 127. The smallest absolute Gasteiger partial charge is 0.363 e. The summed E-state index contributed by atoms with van der Waals surface area (Å²) >= 11 is 2.06. The molecule has 1 aromatic carbocycles. The Morgan fingerprint density at radius 2 is 1.89 bits per heavy atom. The summed E-state index contributed by atoms with van der Waals surface area (Å²) in [6.45, 7) is 0. The number of hydrogen-bond donors (Lipinski definition) is 0. The summed E-state index contributed by atoms with van der Waals surface area (Å²) in [5.74, 6) is 0.428. The largest absolute Gasteiger partial charge is 0.451 e. The Kier molecular flexibility index (Phi) is 3.20. The van der Waals surface area contributed by atoms with E-state index in [-0.39, 0.29) is 5.70 Å². The van der Waals surface area contributed by atoms with Gasteiger partial charge in [-0.15, -0.1) is 0 Å². The molecule has 0 N–H and O–H groups in total. The summed E-state index contributed by atoms with van der Waals surface area (Å²) in [6, 6.07) is 12.9. The van der Waals surface area contributed by atoms with Crippen molar-refractivity contribution in [3.8, 4) is 0 Å². The molecule has 0 saturated heterocycles. The highest BCUT2D eigenvalue weighted by Gasteiger charge is 2.24. The molecule has 19 heavy (non-hydrogen) atoms.